The van der Waals surface area contributed by atoms with E-state index in [9.17, 15) is 21.4 Å². The summed E-state index contributed by atoms with van der Waals surface area (Å²) in [5.41, 5.74) is 0. The van der Waals surface area contributed by atoms with E-state index in [1.54, 1.807) is 0 Å². The van der Waals surface area contributed by atoms with Gasteiger partial charge in [-0.1, -0.05) is 12.2 Å². The first-order valence-corrected chi connectivity index (χ1v) is 9.69. The van der Waals surface area contributed by atoms with Crippen LogP contribution < -0.4 is 0 Å². The second-order valence-corrected chi connectivity index (χ2v) is 8.36. The molecular weight excluding hydrogens is 346 g/mol. The predicted molar refractivity (Wildman–Crippen MR) is 79.4 cm³/mol. The van der Waals surface area contributed by atoms with Crippen molar-refractivity contribution in [1.82, 2.24) is 4.31 Å². The molecule has 1 fully saturated rings. The maximum absolute atomic E-state index is 11.5. The van der Waals surface area contributed by atoms with Crippen LogP contribution in [0.5, 0.6) is 0 Å². The highest BCUT2D eigenvalue weighted by Gasteiger charge is 2.41. The van der Waals surface area contributed by atoms with Crippen LogP contribution >= 0.6 is 24.0 Å². The minimum Gasteiger partial charge on any atom is -0.282 e. The van der Waals surface area contributed by atoms with E-state index in [0.29, 0.717) is 17.1 Å². The Morgan fingerprint density at radius 2 is 2.00 bits per heavy atom. The summed E-state index contributed by atoms with van der Waals surface area (Å²) in [6.45, 7) is 0. The SMILES string of the molecule is O=S(=O)(O)C1=CC(C=S)N(S(=O)(=O)O)C2CCSC2=C1. The fourth-order valence-electron chi connectivity index (χ4n) is 2.13. The molecule has 20 heavy (non-hydrogen) atoms. The van der Waals surface area contributed by atoms with Crippen LogP contribution in [0.1, 0.15) is 6.42 Å². The number of thioether (sulfide) groups is 1. The highest BCUT2D eigenvalue weighted by molar-refractivity contribution is 8.03. The number of hydrogen-bond donors (Lipinski definition) is 2. The molecule has 0 aromatic carbocycles. The Bertz CT molecular complexity index is 692. The van der Waals surface area contributed by atoms with Crippen LogP contribution in [-0.2, 0) is 20.4 Å². The third kappa shape index (κ3) is 3.13. The first-order chi connectivity index (χ1) is 9.14. The zero-order chi connectivity index (χ0) is 15.1. The lowest BCUT2D eigenvalue weighted by Crippen LogP contribution is -2.45. The predicted octanol–water partition coefficient (Wildman–Crippen LogP) is 0.634. The average molecular weight is 357 g/mol. The maximum Gasteiger partial charge on any atom is 0.337 e. The van der Waals surface area contributed by atoms with Gasteiger partial charge in [0.15, 0.2) is 0 Å². The molecule has 0 aromatic heterocycles. The summed E-state index contributed by atoms with van der Waals surface area (Å²) in [6.07, 6.45) is 2.64. The summed E-state index contributed by atoms with van der Waals surface area (Å²) in [6, 6.07) is -1.82. The minimum absolute atomic E-state index is 0.419. The number of hydrogen-bond acceptors (Lipinski definition) is 6. The maximum atomic E-state index is 11.5. The lowest BCUT2D eigenvalue weighted by molar-refractivity contribution is 0.315. The van der Waals surface area contributed by atoms with Gasteiger partial charge in [0.2, 0.25) is 0 Å². The van der Waals surface area contributed by atoms with Crippen LogP contribution in [0.15, 0.2) is 22.0 Å². The van der Waals surface area contributed by atoms with Crippen molar-refractivity contribution in [2.24, 2.45) is 0 Å². The molecule has 11 heteroatoms. The van der Waals surface area contributed by atoms with Crippen molar-refractivity contribution in [3.8, 4) is 0 Å². The van der Waals surface area contributed by atoms with Gasteiger partial charge in [-0.25, -0.2) is 0 Å². The Kier molecular flexibility index (Phi) is 4.40. The molecule has 7 nitrogen and oxygen atoms in total. The van der Waals surface area contributed by atoms with E-state index < -0.39 is 37.4 Å². The molecule has 2 aliphatic heterocycles. The van der Waals surface area contributed by atoms with Crippen LogP contribution in [0.3, 0.4) is 0 Å². The molecule has 2 atom stereocenters. The third-order valence-electron chi connectivity index (χ3n) is 2.91. The highest BCUT2D eigenvalue weighted by atomic mass is 32.2. The topological polar surface area (TPSA) is 112 Å². The minimum atomic E-state index is -4.57. The van der Waals surface area contributed by atoms with Crippen LogP contribution in [0.4, 0.5) is 0 Å². The van der Waals surface area contributed by atoms with Crippen molar-refractivity contribution < 1.29 is 25.9 Å². The van der Waals surface area contributed by atoms with Crippen molar-refractivity contribution in [1.29, 1.82) is 0 Å². The molecular formula is C9H11NO6S4. The van der Waals surface area contributed by atoms with Crippen molar-refractivity contribution in [3.05, 3.63) is 22.0 Å². The van der Waals surface area contributed by atoms with Crippen LogP contribution in [0.2, 0.25) is 0 Å². The molecule has 0 aromatic rings. The highest BCUT2D eigenvalue weighted by Crippen LogP contribution is 2.39. The van der Waals surface area contributed by atoms with E-state index >= 15 is 0 Å². The lowest BCUT2D eigenvalue weighted by atomic mass is 10.2. The molecule has 0 aliphatic carbocycles. The number of allylic oxidation sites excluding steroid dienone is 1. The van der Waals surface area contributed by atoms with E-state index in [1.165, 1.54) is 17.8 Å². The molecule has 0 spiro atoms. The molecule has 0 saturated carbocycles. The molecule has 2 aliphatic rings. The standard InChI is InChI=1S/C9H11NO6S4/c11-19(12,13)7-3-6(5-17)10(20(14,15)16)8-1-2-18-9(8)4-7/h3-6,8H,1-2H2,(H,11,12,13)(H,14,15,16). The fraction of sp³-hybridized carbons (Fsp3) is 0.444. The van der Waals surface area contributed by atoms with Crippen molar-refractivity contribution in [2.45, 2.75) is 18.5 Å². The normalized spacial score (nSPS) is 28.3. The first-order valence-electron chi connectivity index (χ1n) is 5.39. The zero-order valence-corrected chi connectivity index (χ0v) is 13.2. The molecule has 0 bridgehead atoms. The summed E-state index contributed by atoms with van der Waals surface area (Å²) in [4.78, 5) is 0.0231. The van der Waals surface area contributed by atoms with Crippen LogP contribution in [0, 0.1) is 0 Å². The van der Waals surface area contributed by atoms with Gasteiger partial charge in [-0.3, -0.25) is 9.11 Å². The van der Waals surface area contributed by atoms with E-state index in [2.05, 4.69) is 0 Å². The Morgan fingerprint density at radius 3 is 2.50 bits per heavy atom. The van der Waals surface area contributed by atoms with Gasteiger partial charge in [0.05, 0.1) is 17.0 Å². The third-order valence-corrected chi connectivity index (χ3v) is 6.24. The van der Waals surface area contributed by atoms with Gasteiger partial charge >= 0.3 is 10.3 Å². The van der Waals surface area contributed by atoms with E-state index in [0.717, 1.165) is 15.7 Å². The number of nitrogens with zero attached hydrogens (tertiary/aromatic N) is 1. The summed E-state index contributed by atoms with van der Waals surface area (Å²) in [5, 5.41) is 1.03. The summed E-state index contributed by atoms with van der Waals surface area (Å²) >= 11 is 5.99. The molecule has 1 saturated heterocycles. The Hall–Kier alpha value is -0.300. The first kappa shape index (κ1) is 16.1. The lowest BCUT2D eigenvalue weighted by Gasteiger charge is -2.28. The van der Waals surface area contributed by atoms with Crippen LogP contribution in [-0.4, -0.2) is 53.5 Å². The van der Waals surface area contributed by atoms with E-state index in [-0.39, 0.29) is 0 Å². The second kappa shape index (κ2) is 5.48. The quantitative estimate of drug-likeness (QED) is 0.559. The van der Waals surface area contributed by atoms with Gasteiger partial charge < -0.3 is 0 Å². The Labute approximate surface area is 126 Å². The van der Waals surface area contributed by atoms with Crippen molar-refractivity contribution in [3.63, 3.8) is 0 Å². The fourth-order valence-corrected chi connectivity index (χ4v) is 5.33. The molecule has 112 valence electrons. The number of thiocarbonyl (C=S) groups is 1. The van der Waals surface area contributed by atoms with Crippen LogP contribution in [0.25, 0.3) is 0 Å². The summed E-state index contributed by atoms with van der Waals surface area (Å²) in [5.74, 6) is 0.575. The summed E-state index contributed by atoms with van der Waals surface area (Å²) in [7, 11) is -9.07. The Morgan fingerprint density at radius 1 is 1.35 bits per heavy atom. The molecule has 2 rings (SSSR count). The van der Waals surface area contributed by atoms with Gasteiger partial charge in [0.1, 0.15) is 0 Å². The van der Waals surface area contributed by atoms with Gasteiger partial charge in [0.25, 0.3) is 10.1 Å². The largest absolute Gasteiger partial charge is 0.337 e. The van der Waals surface area contributed by atoms with Gasteiger partial charge in [-0.15, -0.1) is 11.8 Å². The van der Waals surface area contributed by atoms with Gasteiger partial charge in [-0.05, 0) is 24.3 Å². The molecule has 0 radical (unpaired) electrons. The number of fused-ring (bicyclic) bond motifs is 1. The monoisotopic (exact) mass is 357 g/mol. The van der Waals surface area contributed by atoms with Crippen molar-refractivity contribution in [2.75, 3.05) is 5.75 Å². The summed E-state index contributed by atoms with van der Waals surface area (Å²) < 4.78 is 65.0. The average Bonchev–Trinajstić information content (AvgIpc) is 2.65. The molecule has 2 N–H and O–H groups in total. The van der Waals surface area contributed by atoms with Gasteiger partial charge in [0, 0.05) is 10.3 Å². The van der Waals surface area contributed by atoms with E-state index in [4.69, 9.17) is 16.8 Å². The van der Waals surface area contributed by atoms with Gasteiger partial charge in [-0.2, -0.15) is 21.1 Å². The smallest absolute Gasteiger partial charge is 0.282 e. The molecule has 0 amide bonds. The number of rotatable bonds is 3. The second-order valence-electron chi connectivity index (χ2n) is 4.18. The van der Waals surface area contributed by atoms with E-state index in [1.807, 2.05) is 0 Å². The molecule has 2 heterocycles. The zero-order valence-electron chi connectivity index (χ0n) is 9.91. The van der Waals surface area contributed by atoms with Crippen molar-refractivity contribution >= 4 is 49.8 Å². The Balaban J connectivity index is 2.65. The molecule has 2 unspecified atom stereocenters.